The van der Waals surface area contributed by atoms with Crippen molar-refractivity contribution in [1.82, 2.24) is 5.32 Å². The summed E-state index contributed by atoms with van der Waals surface area (Å²) < 4.78 is 13.3. The van der Waals surface area contributed by atoms with Crippen LogP contribution in [-0.2, 0) is 11.2 Å². The van der Waals surface area contributed by atoms with Gasteiger partial charge in [0.1, 0.15) is 5.82 Å². The number of nitrogens with one attached hydrogen (secondary N) is 1. The molecule has 0 aromatic heterocycles. The molecule has 1 fully saturated rings. The van der Waals surface area contributed by atoms with Gasteiger partial charge >= 0.3 is 0 Å². The van der Waals surface area contributed by atoms with Gasteiger partial charge in [0.25, 0.3) is 0 Å². The second-order valence-corrected chi connectivity index (χ2v) is 5.15. The van der Waals surface area contributed by atoms with Crippen LogP contribution < -0.4 is 10.2 Å². The Hall–Kier alpha value is -1.42. The molecule has 2 aliphatic rings. The first-order valence-electron chi connectivity index (χ1n) is 6.53. The molecule has 4 heteroatoms. The summed E-state index contributed by atoms with van der Waals surface area (Å²) in [6.45, 7) is 2.77. The number of amides is 1. The Balaban J connectivity index is 1.80. The van der Waals surface area contributed by atoms with Crippen LogP contribution in [0.25, 0.3) is 0 Å². The summed E-state index contributed by atoms with van der Waals surface area (Å²) in [5.74, 6) is 0.373. The minimum atomic E-state index is -0.265. The number of carbonyl (C=O) groups excluding carboxylic acids is 1. The van der Waals surface area contributed by atoms with Crippen LogP contribution in [0.4, 0.5) is 10.1 Å². The van der Waals surface area contributed by atoms with Crippen molar-refractivity contribution in [3.63, 3.8) is 0 Å². The van der Waals surface area contributed by atoms with Gasteiger partial charge in [-0.05, 0) is 49.5 Å². The van der Waals surface area contributed by atoms with Crippen LogP contribution in [0.15, 0.2) is 18.2 Å². The summed E-state index contributed by atoms with van der Waals surface area (Å²) >= 11 is 0. The third-order valence-electron chi connectivity index (χ3n) is 3.88. The lowest BCUT2D eigenvalue weighted by atomic mass is 9.97. The lowest BCUT2D eigenvalue weighted by Crippen LogP contribution is -2.37. The molecule has 3 nitrogen and oxygen atoms in total. The minimum absolute atomic E-state index is 0.106. The van der Waals surface area contributed by atoms with Crippen molar-refractivity contribution in [2.24, 2.45) is 5.92 Å². The predicted octanol–water partition coefficient (Wildman–Crippen LogP) is 1.71. The summed E-state index contributed by atoms with van der Waals surface area (Å²) in [5, 5.41) is 3.32. The van der Waals surface area contributed by atoms with E-state index in [0.29, 0.717) is 12.3 Å². The normalized spacial score (nSPS) is 20.3. The summed E-state index contributed by atoms with van der Waals surface area (Å²) in [5.41, 5.74) is 1.73. The first kappa shape index (κ1) is 11.7. The van der Waals surface area contributed by atoms with Gasteiger partial charge in [-0.2, -0.15) is 0 Å². The van der Waals surface area contributed by atoms with Crippen molar-refractivity contribution in [1.29, 1.82) is 0 Å². The molecule has 1 amide bonds. The van der Waals surface area contributed by atoms with Crippen molar-refractivity contribution in [3.8, 4) is 0 Å². The number of piperidine rings is 1. The fraction of sp³-hybridized carbons (Fsp3) is 0.500. The van der Waals surface area contributed by atoms with Crippen molar-refractivity contribution in [3.05, 3.63) is 29.6 Å². The maximum Gasteiger partial charge on any atom is 0.231 e. The standard InChI is InChI=1S/C14H17FN2O/c15-12-2-1-11-7-14(18)17(13(11)8-12)9-10-3-5-16-6-4-10/h1-2,8,10,16H,3-7,9H2. The zero-order valence-electron chi connectivity index (χ0n) is 10.3. The molecule has 3 rings (SSSR count). The molecule has 0 unspecified atom stereocenters. The zero-order valence-corrected chi connectivity index (χ0v) is 10.3. The van der Waals surface area contributed by atoms with E-state index in [1.54, 1.807) is 11.0 Å². The number of anilines is 1. The van der Waals surface area contributed by atoms with E-state index >= 15 is 0 Å². The zero-order chi connectivity index (χ0) is 12.5. The molecule has 0 saturated carbocycles. The fourth-order valence-electron chi connectivity index (χ4n) is 2.85. The molecular formula is C14H17FN2O. The van der Waals surface area contributed by atoms with Crippen molar-refractivity contribution in [2.75, 3.05) is 24.5 Å². The van der Waals surface area contributed by atoms with Crippen LogP contribution in [0.2, 0.25) is 0 Å². The second-order valence-electron chi connectivity index (χ2n) is 5.15. The molecule has 0 radical (unpaired) electrons. The van der Waals surface area contributed by atoms with Crippen LogP contribution in [0.5, 0.6) is 0 Å². The lowest BCUT2D eigenvalue weighted by molar-refractivity contribution is -0.117. The molecule has 2 aliphatic heterocycles. The first-order valence-corrected chi connectivity index (χ1v) is 6.53. The van der Waals surface area contributed by atoms with E-state index in [-0.39, 0.29) is 11.7 Å². The molecule has 0 atom stereocenters. The maximum atomic E-state index is 13.3. The second kappa shape index (κ2) is 4.69. The Bertz CT molecular complexity index is 469. The third kappa shape index (κ3) is 2.12. The van der Waals surface area contributed by atoms with E-state index in [1.807, 2.05) is 0 Å². The summed E-state index contributed by atoms with van der Waals surface area (Å²) in [4.78, 5) is 13.8. The van der Waals surface area contributed by atoms with Crippen LogP contribution >= 0.6 is 0 Å². The van der Waals surface area contributed by atoms with Crippen molar-refractivity contribution < 1.29 is 9.18 Å². The summed E-state index contributed by atoms with van der Waals surface area (Å²) in [7, 11) is 0. The Labute approximate surface area is 106 Å². The monoisotopic (exact) mass is 248 g/mol. The number of nitrogens with zero attached hydrogens (tertiary/aromatic N) is 1. The number of rotatable bonds is 2. The first-order chi connectivity index (χ1) is 8.74. The molecule has 1 saturated heterocycles. The SMILES string of the molecule is O=C1Cc2ccc(F)cc2N1CC1CCNCC1. The van der Waals surface area contributed by atoms with Gasteiger partial charge in [0.2, 0.25) is 5.91 Å². The predicted molar refractivity (Wildman–Crippen MR) is 68.1 cm³/mol. The topological polar surface area (TPSA) is 32.3 Å². The average molecular weight is 248 g/mol. The number of fused-ring (bicyclic) bond motifs is 1. The fourth-order valence-corrected chi connectivity index (χ4v) is 2.85. The smallest absolute Gasteiger partial charge is 0.231 e. The highest BCUT2D eigenvalue weighted by Gasteiger charge is 2.29. The number of benzene rings is 1. The van der Waals surface area contributed by atoms with Gasteiger partial charge in [-0.3, -0.25) is 4.79 Å². The Kier molecular flexibility index (Phi) is 3.04. The highest BCUT2D eigenvalue weighted by atomic mass is 19.1. The molecule has 0 aliphatic carbocycles. The molecule has 1 N–H and O–H groups in total. The van der Waals surface area contributed by atoms with E-state index in [9.17, 15) is 9.18 Å². The molecule has 0 bridgehead atoms. The molecule has 2 heterocycles. The number of halogens is 1. The molecule has 96 valence electrons. The molecule has 18 heavy (non-hydrogen) atoms. The van der Waals surface area contributed by atoms with Gasteiger partial charge in [-0.15, -0.1) is 0 Å². The Morgan fingerprint density at radius 3 is 2.89 bits per heavy atom. The van der Waals surface area contributed by atoms with Gasteiger partial charge < -0.3 is 10.2 Å². The maximum absolute atomic E-state index is 13.3. The number of carbonyl (C=O) groups is 1. The Morgan fingerprint density at radius 2 is 2.11 bits per heavy atom. The molecule has 0 spiro atoms. The number of hydrogen-bond acceptors (Lipinski definition) is 2. The van der Waals surface area contributed by atoms with Gasteiger partial charge in [0, 0.05) is 6.54 Å². The van der Waals surface area contributed by atoms with E-state index in [4.69, 9.17) is 0 Å². The van der Waals surface area contributed by atoms with Gasteiger partial charge in [0.15, 0.2) is 0 Å². The van der Waals surface area contributed by atoms with E-state index < -0.39 is 0 Å². The quantitative estimate of drug-likeness (QED) is 0.864. The largest absolute Gasteiger partial charge is 0.317 e. The summed E-state index contributed by atoms with van der Waals surface area (Å²) in [6.07, 6.45) is 2.60. The minimum Gasteiger partial charge on any atom is -0.317 e. The van der Waals surface area contributed by atoms with E-state index in [1.165, 1.54) is 12.1 Å². The van der Waals surface area contributed by atoms with Crippen LogP contribution in [0, 0.1) is 11.7 Å². The van der Waals surface area contributed by atoms with E-state index in [0.717, 1.165) is 43.7 Å². The van der Waals surface area contributed by atoms with Gasteiger partial charge in [-0.1, -0.05) is 6.07 Å². The van der Waals surface area contributed by atoms with Crippen LogP contribution in [-0.4, -0.2) is 25.5 Å². The van der Waals surface area contributed by atoms with Gasteiger partial charge in [0.05, 0.1) is 12.1 Å². The highest BCUT2D eigenvalue weighted by Crippen LogP contribution is 2.31. The highest BCUT2D eigenvalue weighted by molar-refractivity contribution is 6.01. The number of hydrogen-bond donors (Lipinski definition) is 1. The van der Waals surface area contributed by atoms with Crippen molar-refractivity contribution in [2.45, 2.75) is 19.3 Å². The lowest BCUT2D eigenvalue weighted by Gasteiger charge is -2.27. The Morgan fingerprint density at radius 1 is 1.33 bits per heavy atom. The molecular weight excluding hydrogens is 231 g/mol. The van der Waals surface area contributed by atoms with Crippen LogP contribution in [0.3, 0.4) is 0 Å². The summed E-state index contributed by atoms with van der Waals surface area (Å²) in [6, 6.07) is 4.65. The van der Waals surface area contributed by atoms with Crippen molar-refractivity contribution >= 4 is 11.6 Å². The molecule has 1 aromatic carbocycles. The van der Waals surface area contributed by atoms with Gasteiger partial charge in [-0.25, -0.2) is 4.39 Å². The molecule has 1 aromatic rings. The van der Waals surface area contributed by atoms with E-state index in [2.05, 4.69) is 5.32 Å². The average Bonchev–Trinajstić information content (AvgIpc) is 2.67. The third-order valence-corrected chi connectivity index (χ3v) is 3.88. The van der Waals surface area contributed by atoms with Crippen LogP contribution in [0.1, 0.15) is 18.4 Å².